The van der Waals surface area contributed by atoms with E-state index in [1.807, 2.05) is 6.07 Å². The van der Waals surface area contributed by atoms with Crippen LogP contribution in [0.15, 0.2) is 60.1 Å². The Balaban J connectivity index is 0.000000256. The summed E-state index contributed by atoms with van der Waals surface area (Å²) < 4.78 is 32.5. The highest BCUT2D eigenvalue weighted by Crippen LogP contribution is 2.15. The third-order valence-electron chi connectivity index (χ3n) is 3.12. The average Bonchev–Trinajstić information content (AvgIpc) is 2.97. The van der Waals surface area contributed by atoms with Crippen LogP contribution in [-0.2, 0) is 10.1 Å². The Hall–Kier alpha value is -2.02. The molecule has 0 aliphatic rings. The summed E-state index contributed by atoms with van der Waals surface area (Å²) in [6.45, 7) is 1.65. The summed E-state index contributed by atoms with van der Waals surface area (Å²) in [7, 11) is -3.92. The Kier molecular flexibility index (Phi) is 6.66. The molecule has 126 valence electrons. The lowest BCUT2D eigenvalue weighted by Gasteiger charge is -2.00. The van der Waals surface area contributed by atoms with Gasteiger partial charge in [0.1, 0.15) is 4.70 Å². The number of fused-ring (bicyclic) bond motifs is 1. The monoisotopic (exact) mass is 361 g/mol. The predicted octanol–water partition coefficient (Wildman–Crippen LogP) is 3.76. The van der Waals surface area contributed by atoms with Gasteiger partial charge in [0.15, 0.2) is 6.20 Å². The van der Waals surface area contributed by atoms with Gasteiger partial charge in [-0.25, -0.2) is 8.42 Å². The van der Waals surface area contributed by atoms with Crippen molar-refractivity contribution in [3.8, 4) is 0 Å². The smallest absolute Gasteiger partial charge is 0.231 e. The van der Waals surface area contributed by atoms with Crippen LogP contribution in [0.3, 0.4) is 0 Å². The number of thiazole rings is 1. The second-order valence-corrected chi connectivity index (χ2v) is 7.50. The summed E-state index contributed by atoms with van der Waals surface area (Å²) in [5, 5.41) is 0. The molecule has 3 aromatic rings. The molecule has 0 atom stereocenters. The van der Waals surface area contributed by atoms with Crippen LogP contribution in [-0.4, -0.2) is 18.7 Å². The zero-order valence-corrected chi connectivity index (χ0v) is 15.0. The van der Waals surface area contributed by atoms with Crippen molar-refractivity contribution in [2.75, 3.05) is 5.75 Å². The molecule has 0 spiro atoms. The Labute approximate surface area is 146 Å². The molecule has 0 fully saturated rings. The second kappa shape index (κ2) is 8.73. The average molecular weight is 361 g/mol. The van der Waals surface area contributed by atoms with Crippen molar-refractivity contribution in [2.45, 2.75) is 13.3 Å². The molecule has 0 radical (unpaired) electrons. The van der Waals surface area contributed by atoms with E-state index in [-0.39, 0.29) is 5.75 Å². The van der Waals surface area contributed by atoms with Gasteiger partial charge < -0.3 is 4.55 Å². The van der Waals surface area contributed by atoms with E-state index in [4.69, 9.17) is 0 Å². The zero-order valence-electron chi connectivity index (χ0n) is 13.3. The summed E-state index contributed by atoms with van der Waals surface area (Å²) >= 11 is 1.76. The van der Waals surface area contributed by atoms with Crippen molar-refractivity contribution in [1.29, 1.82) is 0 Å². The summed E-state index contributed by atoms with van der Waals surface area (Å²) in [6, 6.07) is 18.8. The molecule has 0 aliphatic carbocycles. The molecular weight excluding hydrogens is 342 g/mol. The first kappa shape index (κ1) is 18.3. The first-order valence-electron chi connectivity index (χ1n) is 7.54. The molecule has 0 unspecified atom stereocenters. The molecule has 2 aromatic carbocycles. The summed E-state index contributed by atoms with van der Waals surface area (Å²) in [5.41, 5.74) is 4.60. The van der Waals surface area contributed by atoms with E-state index in [0.717, 1.165) is 0 Å². The number of aromatic nitrogens is 1. The molecule has 0 aliphatic heterocycles. The van der Waals surface area contributed by atoms with Crippen LogP contribution in [0.25, 0.3) is 22.5 Å². The van der Waals surface area contributed by atoms with E-state index in [0.29, 0.717) is 6.42 Å². The van der Waals surface area contributed by atoms with Crippen molar-refractivity contribution in [3.63, 3.8) is 0 Å². The molecule has 4 nitrogen and oxygen atoms in total. The Bertz CT molecular complexity index is 900. The van der Waals surface area contributed by atoms with E-state index in [1.165, 1.54) is 15.8 Å². The lowest BCUT2D eigenvalue weighted by molar-refractivity contribution is -0.532. The van der Waals surface area contributed by atoms with E-state index in [2.05, 4.69) is 70.9 Å². The maximum Gasteiger partial charge on any atom is 0.231 e. The molecule has 0 N–H and O–H groups in total. The number of para-hydroxylation sites is 1. The molecule has 0 bridgehead atoms. The number of hydrogen-bond acceptors (Lipinski definition) is 4. The minimum Gasteiger partial charge on any atom is -0.748 e. The standard InChI is InChI=1S/C15H12NS.C3H8O3S/c1-2-6-13(7-3-1)10-11-16-12-17-15-9-5-4-8-14(15)16;1-2-3-7(4,5)6/h1-12H;2-3H2,1H3,(H,4,5,6)/q+1;/p-1. The normalized spacial score (nSPS) is 11.4. The highest BCUT2D eigenvalue weighted by Gasteiger charge is 2.07. The molecule has 0 amide bonds. The van der Waals surface area contributed by atoms with Crippen molar-refractivity contribution in [1.82, 2.24) is 0 Å². The molecule has 24 heavy (non-hydrogen) atoms. The highest BCUT2D eigenvalue weighted by molar-refractivity contribution is 7.85. The lowest BCUT2D eigenvalue weighted by atomic mass is 10.2. The van der Waals surface area contributed by atoms with Crippen LogP contribution in [0.2, 0.25) is 0 Å². The van der Waals surface area contributed by atoms with Crippen LogP contribution in [0.5, 0.6) is 0 Å². The van der Waals surface area contributed by atoms with Gasteiger partial charge in [0, 0.05) is 17.9 Å². The van der Waals surface area contributed by atoms with Gasteiger partial charge in [-0.05, 0) is 18.1 Å². The SMILES string of the molecule is C(=C[n+]1csc2ccccc21)c1ccccc1.CCCS(=O)(=O)[O-]. The topological polar surface area (TPSA) is 61.1 Å². The Morgan fingerprint density at radius 2 is 1.75 bits per heavy atom. The lowest BCUT2D eigenvalue weighted by Crippen LogP contribution is -2.22. The van der Waals surface area contributed by atoms with E-state index in [9.17, 15) is 13.0 Å². The molecule has 1 aromatic heterocycles. The number of hydrogen-bond donors (Lipinski definition) is 0. The van der Waals surface area contributed by atoms with Gasteiger partial charge in [0.25, 0.3) is 0 Å². The zero-order chi connectivity index (χ0) is 17.4. The van der Waals surface area contributed by atoms with Crippen LogP contribution < -0.4 is 4.57 Å². The van der Waals surface area contributed by atoms with Gasteiger partial charge in [-0.1, -0.05) is 60.7 Å². The number of benzene rings is 2. The van der Waals surface area contributed by atoms with E-state index < -0.39 is 10.1 Å². The summed E-state index contributed by atoms with van der Waals surface area (Å²) in [4.78, 5) is 0. The van der Waals surface area contributed by atoms with Crippen molar-refractivity contribution in [2.24, 2.45) is 0 Å². The predicted molar refractivity (Wildman–Crippen MR) is 98.5 cm³/mol. The Morgan fingerprint density at radius 1 is 1.08 bits per heavy atom. The quantitative estimate of drug-likeness (QED) is 0.525. The summed E-state index contributed by atoms with van der Waals surface area (Å²) in [5.74, 6) is -0.243. The fourth-order valence-electron chi connectivity index (χ4n) is 2.04. The maximum absolute atomic E-state index is 9.68. The molecule has 0 saturated carbocycles. The first-order chi connectivity index (χ1) is 11.5. The fourth-order valence-corrected chi connectivity index (χ4v) is 3.40. The van der Waals surface area contributed by atoms with Gasteiger partial charge in [-0.15, -0.1) is 0 Å². The van der Waals surface area contributed by atoms with Crippen LogP contribution >= 0.6 is 11.3 Å². The molecule has 0 saturated heterocycles. The van der Waals surface area contributed by atoms with Crippen LogP contribution in [0, 0.1) is 0 Å². The number of rotatable bonds is 4. The molecular formula is C18H19NO3S2. The van der Waals surface area contributed by atoms with E-state index >= 15 is 0 Å². The van der Waals surface area contributed by atoms with Gasteiger partial charge in [0.05, 0.1) is 10.1 Å². The van der Waals surface area contributed by atoms with E-state index in [1.54, 1.807) is 18.3 Å². The van der Waals surface area contributed by atoms with Gasteiger partial charge in [0.2, 0.25) is 11.0 Å². The van der Waals surface area contributed by atoms with Crippen molar-refractivity contribution >= 4 is 43.9 Å². The van der Waals surface area contributed by atoms with Crippen molar-refractivity contribution in [3.05, 3.63) is 65.7 Å². The molecule has 3 rings (SSSR count). The summed E-state index contributed by atoms with van der Waals surface area (Å²) in [6.07, 6.45) is 4.64. The molecule has 6 heteroatoms. The minimum absolute atomic E-state index is 0.243. The van der Waals surface area contributed by atoms with Crippen molar-refractivity contribution < 1.29 is 17.5 Å². The minimum atomic E-state index is -3.92. The first-order valence-corrected chi connectivity index (χ1v) is 9.99. The van der Waals surface area contributed by atoms with Crippen LogP contribution in [0.1, 0.15) is 18.9 Å². The Morgan fingerprint density at radius 3 is 2.38 bits per heavy atom. The van der Waals surface area contributed by atoms with Gasteiger partial charge in [-0.3, -0.25) is 0 Å². The molecule has 1 heterocycles. The fraction of sp³-hybridized carbons (Fsp3) is 0.167. The van der Waals surface area contributed by atoms with Gasteiger partial charge in [-0.2, -0.15) is 4.57 Å². The third-order valence-corrected chi connectivity index (χ3v) is 4.96. The van der Waals surface area contributed by atoms with Gasteiger partial charge >= 0.3 is 0 Å². The second-order valence-electron chi connectivity index (χ2n) is 5.09. The maximum atomic E-state index is 9.68. The number of nitrogens with zero attached hydrogens (tertiary/aromatic N) is 1. The largest absolute Gasteiger partial charge is 0.748 e. The third kappa shape index (κ3) is 5.88. The van der Waals surface area contributed by atoms with Crippen LogP contribution in [0.4, 0.5) is 0 Å². The highest BCUT2D eigenvalue weighted by atomic mass is 32.2.